The predicted octanol–water partition coefficient (Wildman–Crippen LogP) is 3.39. The third kappa shape index (κ3) is 4.28. The van der Waals surface area contributed by atoms with E-state index < -0.39 is 23.5 Å². The van der Waals surface area contributed by atoms with Crippen LogP contribution in [0.2, 0.25) is 0 Å². The fourth-order valence-electron chi connectivity index (χ4n) is 3.73. The number of aliphatic hydroxyl groups is 1. The van der Waals surface area contributed by atoms with Crippen LogP contribution in [0.1, 0.15) is 38.4 Å². The zero-order chi connectivity index (χ0) is 22.7. The van der Waals surface area contributed by atoms with Crippen LogP contribution in [0.3, 0.4) is 0 Å². The van der Waals surface area contributed by atoms with E-state index in [2.05, 4.69) is 4.98 Å². The third-order valence-corrected chi connectivity index (χ3v) is 6.20. The maximum atomic E-state index is 13.5. The number of methoxy groups -OCH3 is 3. The van der Waals surface area contributed by atoms with Crippen LogP contribution in [-0.2, 0) is 9.53 Å². The molecule has 1 aromatic heterocycles. The van der Waals surface area contributed by atoms with Crippen LogP contribution in [0.4, 0.5) is 0 Å². The smallest absolute Gasteiger partial charge is 0.290 e. The Bertz CT molecular complexity index is 1030. The Morgan fingerprint density at radius 2 is 1.90 bits per heavy atom. The van der Waals surface area contributed by atoms with E-state index in [0.29, 0.717) is 47.2 Å². The first-order chi connectivity index (χ1) is 14.8. The largest absolute Gasteiger partial charge is 0.503 e. The van der Waals surface area contributed by atoms with E-state index in [4.69, 9.17) is 14.2 Å². The summed E-state index contributed by atoms with van der Waals surface area (Å²) in [6, 6.07) is 4.43. The second-order valence-corrected chi connectivity index (χ2v) is 8.30. The van der Waals surface area contributed by atoms with Gasteiger partial charge in [-0.05, 0) is 38.0 Å². The SMILES string of the molecule is COCCCN1C(=O)C(O)=C(C(=O)c2sc(C)nc2C)C1c1ccc(OC)c(OC)c1. The summed E-state index contributed by atoms with van der Waals surface area (Å²) < 4.78 is 15.8. The molecule has 31 heavy (non-hydrogen) atoms. The number of carbonyl (C=O) groups is 2. The molecule has 1 aromatic carbocycles. The quantitative estimate of drug-likeness (QED) is 0.466. The number of rotatable bonds is 9. The summed E-state index contributed by atoms with van der Waals surface area (Å²) in [5.74, 6) is -0.530. The van der Waals surface area contributed by atoms with Crippen molar-refractivity contribution in [2.75, 3.05) is 34.5 Å². The molecule has 1 unspecified atom stereocenters. The Kier molecular flexibility index (Phi) is 6.97. The van der Waals surface area contributed by atoms with Gasteiger partial charge in [0.25, 0.3) is 5.91 Å². The molecule has 0 aliphatic carbocycles. The zero-order valence-electron chi connectivity index (χ0n) is 18.2. The molecule has 0 radical (unpaired) electrons. The van der Waals surface area contributed by atoms with Crippen LogP contribution in [0, 0.1) is 13.8 Å². The van der Waals surface area contributed by atoms with Crippen LogP contribution in [-0.4, -0.2) is 61.2 Å². The molecule has 0 saturated heterocycles. The minimum atomic E-state index is -0.765. The maximum Gasteiger partial charge on any atom is 0.290 e. The van der Waals surface area contributed by atoms with E-state index >= 15 is 0 Å². The third-order valence-electron chi connectivity index (χ3n) is 5.13. The van der Waals surface area contributed by atoms with Crippen molar-refractivity contribution in [2.45, 2.75) is 26.3 Å². The molecule has 2 aromatic rings. The highest BCUT2D eigenvalue weighted by Gasteiger charge is 2.44. The Morgan fingerprint density at radius 1 is 1.19 bits per heavy atom. The molecule has 1 N–H and O–H groups in total. The maximum absolute atomic E-state index is 13.5. The standard InChI is InChI=1S/C22H26N2O6S/c1-12-21(31-13(2)23-12)19(25)17-18(14-7-8-15(29-4)16(11-14)30-5)24(9-6-10-28-3)22(27)20(17)26/h7-8,11,18,26H,6,9-10H2,1-5H3. The summed E-state index contributed by atoms with van der Waals surface area (Å²) in [5, 5.41) is 11.5. The number of aromatic nitrogens is 1. The van der Waals surface area contributed by atoms with Crippen LogP contribution < -0.4 is 9.47 Å². The highest BCUT2D eigenvalue weighted by atomic mass is 32.1. The van der Waals surface area contributed by atoms with E-state index in [-0.39, 0.29) is 5.57 Å². The molecule has 8 nitrogen and oxygen atoms in total. The summed E-state index contributed by atoms with van der Waals surface area (Å²) in [6.07, 6.45) is 0.555. The first kappa shape index (κ1) is 22.8. The van der Waals surface area contributed by atoms with Crippen molar-refractivity contribution in [3.05, 3.63) is 50.7 Å². The van der Waals surface area contributed by atoms with Crippen molar-refractivity contribution < 1.29 is 28.9 Å². The Balaban J connectivity index is 2.11. The highest BCUT2D eigenvalue weighted by molar-refractivity contribution is 7.14. The minimum absolute atomic E-state index is 0.0430. The molecule has 0 bridgehead atoms. The lowest BCUT2D eigenvalue weighted by Crippen LogP contribution is -2.32. The van der Waals surface area contributed by atoms with Crippen LogP contribution in [0.25, 0.3) is 0 Å². The lowest BCUT2D eigenvalue weighted by Gasteiger charge is -2.27. The van der Waals surface area contributed by atoms with Gasteiger partial charge in [-0.1, -0.05) is 6.07 Å². The summed E-state index contributed by atoms with van der Waals surface area (Å²) in [4.78, 5) is 32.6. The van der Waals surface area contributed by atoms with Crippen LogP contribution in [0.5, 0.6) is 11.5 Å². The van der Waals surface area contributed by atoms with E-state index in [0.717, 1.165) is 5.01 Å². The highest BCUT2D eigenvalue weighted by Crippen LogP contribution is 2.42. The molecule has 1 amide bonds. The topological polar surface area (TPSA) is 98.2 Å². The van der Waals surface area contributed by atoms with Crippen LogP contribution in [0.15, 0.2) is 29.5 Å². The molecule has 0 saturated carbocycles. The second-order valence-electron chi connectivity index (χ2n) is 7.10. The molecule has 0 spiro atoms. The van der Waals surface area contributed by atoms with Gasteiger partial charge in [-0.2, -0.15) is 0 Å². The number of nitrogens with zero attached hydrogens (tertiary/aromatic N) is 2. The molecule has 1 aliphatic rings. The van der Waals surface area contributed by atoms with Crippen LogP contribution >= 0.6 is 11.3 Å². The molecular weight excluding hydrogens is 420 g/mol. The van der Waals surface area contributed by atoms with E-state index in [1.807, 2.05) is 6.92 Å². The fourth-order valence-corrected chi connectivity index (χ4v) is 4.60. The lowest BCUT2D eigenvalue weighted by atomic mass is 9.94. The summed E-state index contributed by atoms with van der Waals surface area (Å²) in [5.41, 5.74) is 1.25. The normalized spacial score (nSPS) is 16.2. The number of amides is 1. The number of carbonyl (C=O) groups excluding carboxylic acids is 2. The number of aliphatic hydroxyl groups excluding tert-OH is 1. The van der Waals surface area contributed by atoms with Gasteiger partial charge in [0.15, 0.2) is 17.3 Å². The lowest BCUT2D eigenvalue weighted by molar-refractivity contribution is -0.129. The van der Waals surface area contributed by atoms with Crippen molar-refractivity contribution in [1.29, 1.82) is 0 Å². The number of thiazole rings is 1. The van der Waals surface area contributed by atoms with Crippen molar-refractivity contribution in [1.82, 2.24) is 9.88 Å². The molecule has 9 heteroatoms. The number of hydrogen-bond donors (Lipinski definition) is 1. The molecule has 3 rings (SSSR count). The number of Topliss-reactive ketones (excluding diaryl/α,β-unsaturated/α-hetero) is 1. The van der Waals surface area contributed by atoms with Crippen molar-refractivity contribution in [3.8, 4) is 11.5 Å². The zero-order valence-corrected chi connectivity index (χ0v) is 19.0. The van der Waals surface area contributed by atoms with E-state index in [1.54, 1.807) is 32.2 Å². The molecule has 2 heterocycles. The van der Waals surface area contributed by atoms with Crippen molar-refractivity contribution >= 4 is 23.0 Å². The number of hydrogen-bond acceptors (Lipinski definition) is 8. The van der Waals surface area contributed by atoms with Gasteiger partial charge in [0.05, 0.1) is 41.4 Å². The Labute approximate surface area is 185 Å². The van der Waals surface area contributed by atoms with Gasteiger partial charge in [0, 0.05) is 20.3 Å². The van der Waals surface area contributed by atoms with Gasteiger partial charge in [-0.15, -0.1) is 11.3 Å². The Hall–Kier alpha value is -2.91. The van der Waals surface area contributed by atoms with Gasteiger partial charge >= 0.3 is 0 Å². The van der Waals surface area contributed by atoms with Gasteiger partial charge in [-0.25, -0.2) is 4.98 Å². The average Bonchev–Trinajstić information content (AvgIpc) is 3.23. The summed E-state index contributed by atoms with van der Waals surface area (Å²) >= 11 is 1.25. The summed E-state index contributed by atoms with van der Waals surface area (Å²) in [6.45, 7) is 4.31. The predicted molar refractivity (Wildman–Crippen MR) is 116 cm³/mol. The van der Waals surface area contributed by atoms with E-state index in [1.165, 1.54) is 30.5 Å². The second kappa shape index (κ2) is 9.49. The number of aryl methyl sites for hydroxylation is 2. The van der Waals surface area contributed by atoms with Crippen molar-refractivity contribution in [2.24, 2.45) is 0 Å². The first-order valence-corrected chi connectivity index (χ1v) is 10.6. The van der Waals surface area contributed by atoms with Gasteiger partial charge in [0.1, 0.15) is 0 Å². The minimum Gasteiger partial charge on any atom is -0.503 e. The molecule has 0 fully saturated rings. The van der Waals surface area contributed by atoms with Gasteiger partial charge in [0.2, 0.25) is 5.78 Å². The number of ether oxygens (including phenoxy) is 3. The van der Waals surface area contributed by atoms with Gasteiger partial charge in [-0.3, -0.25) is 9.59 Å². The molecular formula is C22H26N2O6S. The number of ketones is 1. The monoisotopic (exact) mass is 446 g/mol. The molecule has 1 atom stereocenters. The van der Waals surface area contributed by atoms with Crippen molar-refractivity contribution in [3.63, 3.8) is 0 Å². The molecule has 166 valence electrons. The fraction of sp³-hybridized carbons (Fsp3) is 0.409. The van der Waals surface area contributed by atoms with Gasteiger partial charge < -0.3 is 24.2 Å². The first-order valence-electron chi connectivity index (χ1n) is 9.77. The molecule has 1 aliphatic heterocycles. The Morgan fingerprint density at radius 3 is 2.48 bits per heavy atom. The summed E-state index contributed by atoms with van der Waals surface area (Å²) in [7, 11) is 4.63. The number of benzene rings is 1. The van der Waals surface area contributed by atoms with E-state index in [9.17, 15) is 14.7 Å². The average molecular weight is 447 g/mol.